The first kappa shape index (κ1) is 34.7. The molecule has 2 amide bonds. The predicted octanol–water partition coefficient (Wildman–Crippen LogP) is 5.71. The number of nitrogens with zero attached hydrogens (tertiary/aromatic N) is 4. The Balaban J connectivity index is 1.23. The van der Waals surface area contributed by atoms with Gasteiger partial charge in [-0.1, -0.05) is 30.3 Å². The van der Waals surface area contributed by atoms with Crippen molar-refractivity contribution in [1.82, 2.24) is 30.5 Å². The number of nitrogens with one attached hydrogen (secondary N) is 2. The molecule has 6 rings (SSSR count). The van der Waals surface area contributed by atoms with E-state index in [1.54, 1.807) is 41.6 Å². The van der Waals surface area contributed by atoms with Gasteiger partial charge in [0.15, 0.2) is 0 Å². The standard InChI is InChI=1S/C38H41FN6O5/c1-24-23-50-36(43-24)32-10-7-12-45(32)37(48)29-17-27(16-28(18-29)35-42-11-13-49-35)34(47)44-31(15-25-8-5-4-6-9-25)33(46)22-41-20-26-14-30(21-40-19-26)38(2,3)39/h4-6,8-9,11,13-14,16-19,21,23,31-33,41,46H,7,10,12,15,20,22H2,1-3H3,(H,44,47)/t31-,32?,33+/m0/s1. The van der Waals surface area contributed by atoms with Gasteiger partial charge in [0.1, 0.15) is 24.2 Å². The number of aromatic nitrogens is 3. The fourth-order valence-corrected chi connectivity index (χ4v) is 6.15. The highest BCUT2D eigenvalue weighted by Crippen LogP contribution is 2.33. The summed E-state index contributed by atoms with van der Waals surface area (Å²) in [5.41, 5.74) is 2.31. The molecule has 11 nitrogen and oxygen atoms in total. The number of benzene rings is 2. The van der Waals surface area contributed by atoms with Crippen molar-refractivity contribution in [2.45, 2.75) is 70.4 Å². The van der Waals surface area contributed by atoms with Crippen LogP contribution in [0.3, 0.4) is 0 Å². The summed E-state index contributed by atoms with van der Waals surface area (Å²) in [5.74, 6) is -0.00656. The van der Waals surface area contributed by atoms with Crippen LogP contribution in [0.25, 0.3) is 11.5 Å². The lowest BCUT2D eigenvalue weighted by Crippen LogP contribution is -2.48. The molecule has 260 valence electrons. The van der Waals surface area contributed by atoms with Crippen LogP contribution in [0.4, 0.5) is 4.39 Å². The number of amides is 2. The first-order valence-electron chi connectivity index (χ1n) is 16.7. The molecular weight excluding hydrogens is 639 g/mol. The number of aliphatic hydroxyl groups is 1. The summed E-state index contributed by atoms with van der Waals surface area (Å²) in [5, 5.41) is 17.6. The smallest absolute Gasteiger partial charge is 0.254 e. The van der Waals surface area contributed by atoms with Gasteiger partial charge >= 0.3 is 0 Å². The summed E-state index contributed by atoms with van der Waals surface area (Å²) < 4.78 is 25.7. The third-order valence-electron chi connectivity index (χ3n) is 8.80. The first-order valence-corrected chi connectivity index (χ1v) is 16.7. The number of likely N-dealkylation sites (tertiary alicyclic amines) is 1. The maximum Gasteiger partial charge on any atom is 0.254 e. The molecule has 1 unspecified atom stereocenters. The predicted molar refractivity (Wildman–Crippen MR) is 184 cm³/mol. The van der Waals surface area contributed by atoms with Gasteiger partial charge in [0.25, 0.3) is 11.8 Å². The highest BCUT2D eigenvalue weighted by Gasteiger charge is 2.34. The third kappa shape index (κ3) is 8.32. The van der Waals surface area contributed by atoms with Crippen molar-refractivity contribution in [3.8, 4) is 11.5 Å². The molecule has 3 N–H and O–H groups in total. The van der Waals surface area contributed by atoms with E-state index in [0.29, 0.717) is 42.9 Å². The summed E-state index contributed by atoms with van der Waals surface area (Å²) in [6, 6.07) is 15.1. The minimum absolute atomic E-state index is 0.137. The van der Waals surface area contributed by atoms with E-state index in [2.05, 4.69) is 25.6 Å². The first-order chi connectivity index (χ1) is 24.0. The molecule has 2 aromatic carbocycles. The van der Waals surface area contributed by atoms with Gasteiger partial charge < -0.3 is 29.5 Å². The molecule has 50 heavy (non-hydrogen) atoms. The van der Waals surface area contributed by atoms with Crippen molar-refractivity contribution in [3.05, 3.63) is 125 Å². The fourth-order valence-electron chi connectivity index (χ4n) is 6.15. The van der Waals surface area contributed by atoms with E-state index >= 15 is 0 Å². The molecule has 12 heteroatoms. The average Bonchev–Trinajstić information content (AvgIpc) is 3.90. The van der Waals surface area contributed by atoms with E-state index in [1.807, 2.05) is 37.3 Å². The normalized spacial score (nSPS) is 15.9. The summed E-state index contributed by atoms with van der Waals surface area (Å²) in [4.78, 5) is 42.6. The number of hydrogen-bond acceptors (Lipinski definition) is 9. The highest BCUT2D eigenvalue weighted by atomic mass is 19.1. The Morgan fingerprint density at radius 2 is 1.88 bits per heavy atom. The Labute approximate surface area is 290 Å². The van der Waals surface area contributed by atoms with E-state index in [0.717, 1.165) is 23.2 Å². The average molecular weight is 681 g/mol. The van der Waals surface area contributed by atoms with E-state index in [1.165, 1.54) is 32.5 Å². The van der Waals surface area contributed by atoms with Crippen molar-refractivity contribution < 1.29 is 27.9 Å². The number of halogens is 1. The van der Waals surface area contributed by atoms with Crippen LogP contribution in [0.2, 0.25) is 0 Å². The molecule has 3 aromatic heterocycles. The molecule has 5 aromatic rings. The Hall–Kier alpha value is -5.20. The van der Waals surface area contributed by atoms with E-state index in [-0.39, 0.29) is 35.5 Å². The molecular formula is C38H41FN6O5. The number of carbonyl (C=O) groups is 2. The zero-order chi connectivity index (χ0) is 35.3. The van der Waals surface area contributed by atoms with Crippen molar-refractivity contribution in [2.24, 2.45) is 0 Å². The van der Waals surface area contributed by atoms with Crippen LogP contribution in [-0.4, -0.2) is 62.0 Å². The van der Waals surface area contributed by atoms with Gasteiger partial charge in [0, 0.05) is 54.3 Å². The van der Waals surface area contributed by atoms with Gasteiger partial charge in [0.05, 0.1) is 24.0 Å². The lowest BCUT2D eigenvalue weighted by molar-refractivity contribution is 0.0715. The maximum absolute atomic E-state index is 14.5. The van der Waals surface area contributed by atoms with Crippen molar-refractivity contribution in [2.75, 3.05) is 13.1 Å². The van der Waals surface area contributed by atoms with E-state index in [9.17, 15) is 19.1 Å². The van der Waals surface area contributed by atoms with Crippen LogP contribution in [0, 0.1) is 6.92 Å². The zero-order valence-corrected chi connectivity index (χ0v) is 28.3. The summed E-state index contributed by atoms with van der Waals surface area (Å²) in [7, 11) is 0. The van der Waals surface area contributed by atoms with Gasteiger partial charge in [0.2, 0.25) is 11.8 Å². The molecule has 1 aliphatic heterocycles. The highest BCUT2D eigenvalue weighted by molar-refractivity contribution is 6.01. The minimum atomic E-state index is -1.53. The number of aliphatic hydroxyl groups excluding tert-OH is 1. The molecule has 1 aliphatic rings. The number of oxazole rings is 2. The maximum atomic E-state index is 14.5. The topological polar surface area (TPSA) is 147 Å². The van der Waals surface area contributed by atoms with Gasteiger partial charge in [-0.25, -0.2) is 14.4 Å². The molecule has 0 radical (unpaired) electrons. The van der Waals surface area contributed by atoms with Crippen LogP contribution < -0.4 is 10.6 Å². The number of aryl methyl sites for hydroxylation is 1. The summed E-state index contributed by atoms with van der Waals surface area (Å²) in [6.45, 7) is 5.78. The quantitative estimate of drug-likeness (QED) is 0.142. The van der Waals surface area contributed by atoms with Crippen molar-refractivity contribution in [3.63, 3.8) is 0 Å². The molecule has 0 aliphatic carbocycles. The Kier molecular flexibility index (Phi) is 10.5. The van der Waals surface area contributed by atoms with Gasteiger partial charge in [-0.3, -0.25) is 14.6 Å². The number of pyridine rings is 1. The van der Waals surface area contributed by atoms with Crippen molar-refractivity contribution in [1.29, 1.82) is 0 Å². The van der Waals surface area contributed by atoms with E-state index < -0.39 is 23.7 Å². The second-order valence-corrected chi connectivity index (χ2v) is 13.1. The largest absolute Gasteiger partial charge is 0.446 e. The van der Waals surface area contributed by atoms with Gasteiger partial charge in [-0.2, -0.15) is 0 Å². The van der Waals surface area contributed by atoms with Crippen LogP contribution in [0.1, 0.15) is 81.7 Å². The second kappa shape index (κ2) is 15.1. The lowest BCUT2D eigenvalue weighted by atomic mass is 9.99. The summed E-state index contributed by atoms with van der Waals surface area (Å²) >= 11 is 0. The Morgan fingerprint density at radius 3 is 2.60 bits per heavy atom. The number of carbonyl (C=O) groups excluding carboxylic acids is 2. The van der Waals surface area contributed by atoms with Crippen LogP contribution >= 0.6 is 0 Å². The number of alkyl halides is 1. The van der Waals surface area contributed by atoms with E-state index in [4.69, 9.17) is 8.83 Å². The third-order valence-corrected chi connectivity index (χ3v) is 8.80. The Morgan fingerprint density at radius 1 is 1.08 bits per heavy atom. The van der Waals surface area contributed by atoms with Gasteiger partial charge in [-0.15, -0.1) is 0 Å². The van der Waals surface area contributed by atoms with Crippen LogP contribution in [0.15, 0.2) is 94.5 Å². The monoisotopic (exact) mass is 680 g/mol. The molecule has 0 bridgehead atoms. The van der Waals surface area contributed by atoms with Gasteiger partial charge in [-0.05, 0) is 75.4 Å². The van der Waals surface area contributed by atoms with Crippen LogP contribution in [0.5, 0.6) is 0 Å². The van der Waals surface area contributed by atoms with Crippen molar-refractivity contribution >= 4 is 11.8 Å². The summed E-state index contributed by atoms with van der Waals surface area (Å²) in [6.07, 6.45) is 8.48. The Bertz CT molecular complexity index is 1910. The molecule has 0 saturated carbocycles. The minimum Gasteiger partial charge on any atom is -0.446 e. The molecule has 4 heterocycles. The SMILES string of the molecule is Cc1coc(C2CCCN2C(=O)c2cc(C(=O)N[C@@H](Cc3ccccc3)[C@H](O)CNCc3cncc(C(C)(C)F)c3)cc(-c3ncco3)c2)n1. The number of rotatable bonds is 13. The van der Waals surface area contributed by atoms with Crippen LogP contribution in [-0.2, 0) is 18.6 Å². The lowest BCUT2D eigenvalue weighted by Gasteiger charge is -2.26. The molecule has 1 saturated heterocycles. The molecule has 3 atom stereocenters. The zero-order valence-electron chi connectivity index (χ0n) is 28.3. The number of hydrogen-bond donors (Lipinski definition) is 3. The molecule has 0 spiro atoms. The fraction of sp³-hybridized carbons (Fsp3) is 0.342. The molecule has 1 fully saturated rings. The second-order valence-electron chi connectivity index (χ2n) is 13.1.